The van der Waals surface area contributed by atoms with Gasteiger partial charge in [0.15, 0.2) is 0 Å². The summed E-state index contributed by atoms with van der Waals surface area (Å²) in [6.07, 6.45) is 1.85. The number of carbonyl (C=O) groups is 2. The summed E-state index contributed by atoms with van der Waals surface area (Å²) in [5.74, 6) is -0.332. The Hall–Kier alpha value is -1.64. The van der Waals surface area contributed by atoms with Crippen molar-refractivity contribution >= 4 is 11.8 Å². The highest BCUT2D eigenvalue weighted by molar-refractivity contribution is 5.98. The van der Waals surface area contributed by atoms with Crippen molar-refractivity contribution in [2.75, 3.05) is 0 Å². The van der Waals surface area contributed by atoms with Gasteiger partial charge in [-0.25, -0.2) is 0 Å². The molecule has 0 bridgehead atoms. The summed E-state index contributed by atoms with van der Waals surface area (Å²) in [5.41, 5.74) is 3.61. The van der Waals surface area contributed by atoms with Crippen molar-refractivity contribution in [2.45, 2.75) is 33.1 Å². The molecule has 0 saturated carbocycles. The fourth-order valence-electron chi connectivity index (χ4n) is 2.40. The van der Waals surface area contributed by atoms with Gasteiger partial charge in [-0.2, -0.15) is 0 Å². The first-order valence-corrected chi connectivity index (χ1v) is 5.95. The molecule has 0 spiro atoms. The minimum Gasteiger partial charge on any atom is -0.296 e. The largest absolute Gasteiger partial charge is 0.296 e. The third kappa shape index (κ3) is 2.93. The van der Waals surface area contributed by atoms with E-state index in [-0.39, 0.29) is 17.7 Å². The van der Waals surface area contributed by atoms with E-state index in [0.717, 1.165) is 6.42 Å². The molecule has 0 aliphatic carbocycles. The maximum Gasteiger partial charge on any atom is 0.230 e. The van der Waals surface area contributed by atoms with E-state index in [1.54, 1.807) is 0 Å². The van der Waals surface area contributed by atoms with Crippen molar-refractivity contribution in [1.29, 1.82) is 0 Å². The zero-order valence-electron chi connectivity index (χ0n) is 10.2. The molecule has 0 radical (unpaired) electrons. The van der Waals surface area contributed by atoms with Crippen LogP contribution < -0.4 is 5.32 Å². The van der Waals surface area contributed by atoms with Gasteiger partial charge in [0, 0.05) is 12.3 Å². The smallest absolute Gasteiger partial charge is 0.230 e. The predicted octanol–water partition coefficient (Wildman–Crippen LogP) is 1.90. The van der Waals surface area contributed by atoms with Crippen LogP contribution in [0.2, 0.25) is 0 Å². The second-order valence-electron chi connectivity index (χ2n) is 4.85. The Balaban J connectivity index is 2.10. The normalized spacial score (nSPS) is 20.2. The topological polar surface area (TPSA) is 46.2 Å². The Morgan fingerprint density at radius 3 is 2.41 bits per heavy atom. The molecule has 1 fully saturated rings. The van der Waals surface area contributed by atoms with Gasteiger partial charge in [-0.1, -0.05) is 29.3 Å². The van der Waals surface area contributed by atoms with Crippen LogP contribution in [0, 0.1) is 19.8 Å². The highest BCUT2D eigenvalue weighted by atomic mass is 16.2. The summed E-state index contributed by atoms with van der Waals surface area (Å²) >= 11 is 0. The molecule has 3 nitrogen and oxygen atoms in total. The number of aryl methyl sites for hydroxylation is 2. The maximum atomic E-state index is 11.6. The molecular weight excluding hydrogens is 214 g/mol. The minimum absolute atomic E-state index is 0.0612. The van der Waals surface area contributed by atoms with Crippen LogP contribution in [0.15, 0.2) is 18.2 Å². The third-order valence-electron chi connectivity index (χ3n) is 3.12. The molecule has 1 unspecified atom stereocenters. The number of hydrogen-bond acceptors (Lipinski definition) is 2. The number of rotatable bonds is 2. The molecule has 2 amide bonds. The fraction of sp³-hybridized carbons (Fsp3) is 0.429. The van der Waals surface area contributed by atoms with Crippen LogP contribution in [-0.4, -0.2) is 11.8 Å². The first-order valence-electron chi connectivity index (χ1n) is 5.95. The van der Waals surface area contributed by atoms with E-state index in [1.807, 2.05) is 0 Å². The number of benzene rings is 1. The molecule has 3 heteroatoms. The number of amides is 2. The van der Waals surface area contributed by atoms with Gasteiger partial charge in [0.2, 0.25) is 11.8 Å². The van der Waals surface area contributed by atoms with E-state index < -0.39 is 0 Å². The van der Waals surface area contributed by atoms with Gasteiger partial charge in [0.05, 0.1) is 0 Å². The molecule has 1 aromatic rings. The first-order chi connectivity index (χ1) is 8.04. The minimum atomic E-state index is -0.147. The van der Waals surface area contributed by atoms with E-state index in [0.29, 0.717) is 12.8 Å². The second kappa shape index (κ2) is 4.70. The van der Waals surface area contributed by atoms with E-state index in [2.05, 4.69) is 37.4 Å². The van der Waals surface area contributed by atoms with E-state index in [9.17, 15) is 9.59 Å². The number of imide groups is 1. The molecule has 1 aliphatic heterocycles. The lowest BCUT2D eigenvalue weighted by Crippen LogP contribution is -2.41. The monoisotopic (exact) mass is 231 g/mol. The highest BCUT2D eigenvalue weighted by Crippen LogP contribution is 2.19. The Labute approximate surface area is 101 Å². The third-order valence-corrected chi connectivity index (χ3v) is 3.12. The van der Waals surface area contributed by atoms with Crippen LogP contribution >= 0.6 is 0 Å². The van der Waals surface area contributed by atoms with Crippen LogP contribution in [0.5, 0.6) is 0 Å². The van der Waals surface area contributed by atoms with Crippen molar-refractivity contribution in [3.05, 3.63) is 34.9 Å². The Morgan fingerprint density at radius 1 is 1.18 bits per heavy atom. The predicted molar refractivity (Wildman–Crippen MR) is 65.5 cm³/mol. The van der Waals surface area contributed by atoms with Gasteiger partial charge in [0.1, 0.15) is 0 Å². The molecule has 90 valence electrons. The van der Waals surface area contributed by atoms with Crippen molar-refractivity contribution in [3.63, 3.8) is 0 Å². The quantitative estimate of drug-likeness (QED) is 0.790. The van der Waals surface area contributed by atoms with E-state index in [1.165, 1.54) is 16.7 Å². The average molecular weight is 231 g/mol. The number of nitrogens with one attached hydrogen (secondary N) is 1. The lowest BCUT2D eigenvalue weighted by atomic mass is 9.90. The maximum absolute atomic E-state index is 11.6. The first kappa shape index (κ1) is 11.8. The van der Waals surface area contributed by atoms with Gasteiger partial charge in [-0.15, -0.1) is 0 Å². The SMILES string of the molecule is Cc1cc(C)cc(CC2CCC(=O)NC2=O)c1. The lowest BCUT2D eigenvalue weighted by molar-refractivity contribution is -0.136. The molecule has 1 aromatic carbocycles. The zero-order chi connectivity index (χ0) is 12.4. The molecule has 2 rings (SSSR count). The van der Waals surface area contributed by atoms with Crippen molar-refractivity contribution in [1.82, 2.24) is 5.32 Å². The Kier molecular flexibility index (Phi) is 3.27. The second-order valence-corrected chi connectivity index (χ2v) is 4.85. The Morgan fingerprint density at radius 2 is 1.82 bits per heavy atom. The van der Waals surface area contributed by atoms with Crippen LogP contribution in [0.3, 0.4) is 0 Å². The zero-order valence-corrected chi connectivity index (χ0v) is 10.2. The summed E-state index contributed by atoms with van der Waals surface area (Å²) < 4.78 is 0. The van der Waals surface area contributed by atoms with Crippen LogP contribution in [-0.2, 0) is 16.0 Å². The van der Waals surface area contributed by atoms with Gasteiger partial charge in [0.25, 0.3) is 0 Å². The van der Waals surface area contributed by atoms with Crippen molar-refractivity contribution in [3.8, 4) is 0 Å². The van der Waals surface area contributed by atoms with Gasteiger partial charge in [-0.3, -0.25) is 14.9 Å². The molecule has 17 heavy (non-hydrogen) atoms. The summed E-state index contributed by atoms with van der Waals surface area (Å²) in [4.78, 5) is 22.7. The number of piperidine rings is 1. The number of hydrogen-bond donors (Lipinski definition) is 1. The molecule has 1 N–H and O–H groups in total. The number of carbonyl (C=O) groups excluding carboxylic acids is 2. The van der Waals surface area contributed by atoms with Gasteiger partial charge in [-0.05, 0) is 32.3 Å². The molecular formula is C14H17NO2. The Bertz CT molecular complexity index is 445. The molecule has 1 heterocycles. The van der Waals surface area contributed by atoms with Gasteiger partial charge < -0.3 is 0 Å². The molecule has 1 aliphatic rings. The standard InChI is InChI=1S/C14H17NO2/c1-9-5-10(2)7-11(6-9)8-12-3-4-13(16)15-14(12)17/h5-7,12H,3-4,8H2,1-2H3,(H,15,16,17). The highest BCUT2D eigenvalue weighted by Gasteiger charge is 2.26. The van der Waals surface area contributed by atoms with Crippen LogP contribution in [0.1, 0.15) is 29.5 Å². The van der Waals surface area contributed by atoms with E-state index >= 15 is 0 Å². The molecule has 1 atom stereocenters. The summed E-state index contributed by atoms with van der Waals surface area (Å²) in [5, 5.41) is 2.40. The van der Waals surface area contributed by atoms with Gasteiger partial charge >= 0.3 is 0 Å². The van der Waals surface area contributed by atoms with E-state index in [4.69, 9.17) is 0 Å². The summed E-state index contributed by atoms with van der Waals surface area (Å²) in [7, 11) is 0. The summed E-state index contributed by atoms with van der Waals surface area (Å²) in [6, 6.07) is 6.33. The molecule has 1 saturated heterocycles. The van der Waals surface area contributed by atoms with Crippen molar-refractivity contribution in [2.24, 2.45) is 5.92 Å². The van der Waals surface area contributed by atoms with Crippen LogP contribution in [0.4, 0.5) is 0 Å². The fourth-order valence-corrected chi connectivity index (χ4v) is 2.40. The van der Waals surface area contributed by atoms with Crippen LogP contribution in [0.25, 0.3) is 0 Å². The molecule has 0 aromatic heterocycles. The van der Waals surface area contributed by atoms with Crippen molar-refractivity contribution < 1.29 is 9.59 Å². The lowest BCUT2D eigenvalue weighted by Gasteiger charge is -2.21. The average Bonchev–Trinajstić information content (AvgIpc) is 2.21. The summed E-state index contributed by atoms with van der Waals surface area (Å²) in [6.45, 7) is 4.11.